The monoisotopic (exact) mass is 264 g/mol. The predicted octanol–water partition coefficient (Wildman–Crippen LogP) is 2.17. The summed E-state index contributed by atoms with van der Waals surface area (Å²) in [6.07, 6.45) is 6.86. The fourth-order valence-corrected chi connectivity index (χ4v) is 2.57. The average Bonchev–Trinajstić information content (AvgIpc) is 2.71. The van der Waals surface area contributed by atoms with E-state index in [1.54, 1.807) is 20.4 Å². The Morgan fingerprint density at radius 2 is 2.16 bits per heavy atom. The summed E-state index contributed by atoms with van der Waals surface area (Å²) in [7, 11) is 3.21. The molecule has 1 aliphatic rings. The van der Waals surface area contributed by atoms with Crippen molar-refractivity contribution < 1.29 is 14.3 Å². The third kappa shape index (κ3) is 2.97. The van der Waals surface area contributed by atoms with Crippen molar-refractivity contribution in [3.63, 3.8) is 0 Å². The maximum atomic E-state index is 11.3. The molecule has 0 radical (unpaired) electrons. The number of pyridine rings is 1. The summed E-state index contributed by atoms with van der Waals surface area (Å²) in [5.74, 6) is 1.26. The van der Waals surface area contributed by atoms with E-state index in [1.165, 1.54) is 0 Å². The highest BCUT2D eigenvalue weighted by Crippen LogP contribution is 2.35. The number of methoxy groups -OCH3 is 2. The molecule has 1 atom stereocenters. The number of nitrogens with zero attached hydrogens (tertiary/aromatic N) is 2. The van der Waals surface area contributed by atoms with Crippen LogP contribution < -0.4 is 9.47 Å². The second kappa shape index (κ2) is 6.41. The molecule has 104 valence electrons. The van der Waals surface area contributed by atoms with Crippen molar-refractivity contribution in [3.8, 4) is 11.6 Å². The summed E-state index contributed by atoms with van der Waals surface area (Å²) in [6.45, 7) is 0.794. The SMILES string of the molecule is COc1cc([C@@H]2CCCCCN2C=O)c(OC)cn1. The summed E-state index contributed by atoms with van der Waals surface area (Å²) in [5, 5.41) is 0. The number of hydrogen-bond acceptors (Lipinski definition) is 4. The molecule has 2 rings (SSSR count). The van der Waals surface area contributed by atoms with Crippen LogP contribution in [0.1, 0.15) is 37.3 Å². The molecule has 0 N–H and O–H groups in total. The average molecular weight is 264 g/mol. The number of amides is 1. The van der Waals surface area contributed by atoms with Gasteiger partial charge in [-0.2, -0.15) is 0 Å². The van der Waals surface area contributed by atoms with Crippen molar-refractivity contribution in [1.82, 2.24) is 9.88 Å². The standard InChI is InChI=1S/C14H20N2O3/c1-18-13-9-15-14(19-2)8-11(13)12-6-4-3-5-7-16(12)10-17/h8-10,12H,3-7H2,1-2H3/t12-/m0/s1. The molecule has 1 aliphatic heterocycles. The lowest BCUT2D eigenvalue weighted by Crippen LogP contribution is -2.27. The smallest absolute Gasteiger partial charge is 0.213 e. The lowest BCUT2D eigenvalue weighted by Gasteiger charge is -2.27. The summed E-state index contributed by atoms with van der Waals surface area (Å²) >= 11 is 0. The number of aromatic nitrogens is 1. The van der Waals surface area contributed by atoms with E-state index < -0.39 is 0 Å². The molecule has 0 spiro atoms. The second-order valence-corrected chi connectivity index (χ2v) is 4.68. The summed E-state index contributed by atoms with van der Waals surface area (Å²) in [6, 6.07) is 1.91. The molecule has 1 saturated heterocycles. The van der Waals surface area contributed by atoms with Gasteiger partial charge in [-0.05, 0) is 12.8 Å². The van der Waals surface area contributed by atoms with E-state index in [0.29, 0.717) is 11.6 Å². The zero-order valence-electron chi connectivity index (χ0n) is 11.5. The first kappa shape index (κ1) is 13.6. The van der Waals surface area contributed by atoms with Crippen LogP contribution in [-0.4, -0.2) is 37.1 Å². The number of carbonyl (C=O) groups is 1. The third-order valence-corrected chi connectivity index (χ3v) is 3.59. The number of likely N-dealkylation sites (tertiary alicyclic amines) is 1. The normalized spacial score (nSPS) is 19.7. The van der Waals surface area contributed by atoms with Crippen molar-refractivity contribution in [3.05, 3.63) is 17.8 Å². The zero-order chi connectivity index (χ0) is 13.7. The van der Waals surface area contributed by atoms with Gasteiger partial charge < -0.3 is 14.4 Å². The molecule has 0 aromatic carbocycles. The van der Waals surface area contributed by atoms with Gasteiger partial charge in [-0.1, -0.05) is 12.8 Å². The lowest BCUT2D eigenvalue weighted by molar-refractivity contribution is -0.120. The van der Waals surface area contributed by atoms with Gasteiger partial charge in [0.2, 0.25) is 12.3 Å². The highest BCUT2D eigenvalue weighted by atomic mass is 16.5. The van der Waals surface area contributed by atoms with Crippen LogP contribution in [0.3, 0.4) is 0 Å². The Balaban J connectivity index is 2.38. The molecule has 0 bridgehead atoms. The highest BCUT2D eigenvalue weighted by molar-refractivity contribution is 5.50. The maximum absolute atomic E-state index is 11.3. The summed E-state index contributed by atoms with van der Waals surface area (Å²) < 4.78 is 10.5. The van der Waals surface area contributed by atoms with Crippen LogP contribution >= 0.6 is 0 Å². The van der Waals surface area contributed by atoms with Crippen molar-refractivity contribution >= 4 is 6.41 Å². The van der Waals surface area contributed by atoms with Gasteiger partial charge in [-0.15, -0.1) is 0 Å². The molecule has 19 heavy (non-hydrogen) atoms. The van der Waals surface area contributed by atoms with E-state index in [4.69, 9.17) is 9.47 Å². The Labute approximate surface area is 113 Å². The first-order valence-corrected chi connectivity index (χ1v) is 6.59. The van der Waals surface area contributed by atoms with Crippen molar-refractivity contribution in [2.75, 3.05) is 20.8 Å². The van der Waals surface area contributed by atoms with Gasteiger partial charge in [0, 0.05) is 18.2 Å². The van der Waals surface area contributed by atoms with E-state index in [-0.39, 0.29) is 6.04 Å². The van der Waals surface area contributed by atoms with Crippen LogP contribution in [0.2, 0.25) is 0 Å². The fourth-order valence-electron chi connectivity index (χ4n) is 2.57. The quantitative estimate of drug-likeness (QED) is 0.782. The lowest BCUT2D eigenvalue weighted by atomic mass is 10.0. The topological polar surface area (TPSA) is 51.7 Å². The second-order valence-electron chi connectivity index (χ2n) is 4.68. The Morgan fingerprint density at radius 3 is 2.84 bits per heavy atom. The molecule has 5 heteroatoms. The molecule has 1 amide bonds. The van der Waals surface area contributed by atoms with Gasteiger partial charge in [0.25, 0.3) is 0 Å². The van der Waals surface area contributed by atoms with Gasteiger partial charge in [-0.25, -0.2) is 4.98 Å². The molecule has 1 aromatic rings. The number of rotatable bonds is 4. The van der Waals surface area contributed by atoms with Crippen LogP contribution in [0, 0.1) is 0 Å². The van der Waals surface area contributed by atoms with Crippen molar-refractivity contribution in [2.45, 2.75) is 31.7 Å². The third-order valence-electron chi connectivity index (χ3n) is 3.59. The maximum Gasteiger partial charge on any atom is 0.213 e. The van der Waals surface area contributed by atoms with Crippen LogP contribution in [-0.2, 0) is 4.79 Å². The molecular weight excluding hydrogens is 244 g/mol. The zero-order valence-corrected chi connectivity index (χ0v) is 11.5. The Morgan fingerprint density at radius 1 is 1.32 bits per heavy atom. The van der Waals surface area contributed by atoms with E-state index >= 15 is 0 Å². The van der Waals surface area contributed by atoms with Crippen LogP contribution in [0.15, 0.2) is 12.3 Å². The first-order chi connectivity index (χ1) is 9.30. The predicted molar refractivity (Wildman–Crippen MR) is 71.3 cm³/mol. The highest BCUT2D eigenvalue weighted by Gasteiger charge is 2.25. The number of hydrogen-bond donors (Lipinski definition) is 0. The van der Waals surface area contributed by atoms with E-state index in [9.17, 15) is 4.79 Å². The molecule has 0 unspecified atom stereocenters. The van der Waals surface area contributed by atoms with Gasteiger partial charge in [0.15, 0.2) is 0 Å². The molecule has 0 aliphatic carbocycles. The molecule has 1 aromatic heterocycles. The van der Waals surface area contributed by atoms with Crippen molar-refractivity contribution in [1.29, 1.82) is 0 Å². The van der Waals surface area contributed by atoms with Crippen LogP contribution in [0.5, 0.6) is 11.6 Å². The van der Waals surface area contributed by atoms with Gasteiger partial charge >= 0.3 is 0 Å². The van der Waals surface area contributed by atoms with Gasteiger partial charge in [-0.3, -0.25) is 4.79 Å². The minimum atomic E-state index is 0.0480. The summed E-state index contributed by atoms with van der Waals surface area (Å²) in [5.41, 5.74) is 0.975. The fraction of sp³-hybridized carbons (Fsp3) is 0.571. The number of ether oxygens (including phenoxy) is 2. The molecule has 1 fully saturated rings. The largest absolute Gasteiger partial charge is 0.495 e. The Kier molecular flexibility index (Phi) is 4.60. The Bertz CT molecular complexity index is 437. The molecule has 2 heterocycles. The van der Waals surface area contributed by atoms with Crippen molar-refractivity contribution in [2.24, 2.45) is 0 Å². The molecular formula is C14H20N2O3. The van der Waals surface area contributed by atoms with Crippen LogP contribution in [0.4, 0.5) is 0 Å². The first-order valence-electron chi connectivity index (χ1n) is 6.59. The minimum absolute atomic E-state index is 0.0480. The number of carbonyl (C=O) groups excluding carboxylic acids is 1. The van der Waals surface area contributed by atoms with Crippen LogP contribution in [0.25, 0.3) is 0 Å². The van der Waals surface area contributed by atoms with Gasteiger partial charge in [0.05, 0.1) is 26.5 Å². The van der Waals surface area contributed by atoms with Gasteiger partial charge in [0.1, 0.15) is 5.75 Å². The minimum Gasteiger partial charge on any atom is -0.495 e. The Hall–Kier alpha value is -1.78. The van der Waals surface area contributed by atoms with E-state index in [2.05, 4.69) is 4.98 Å². The van der Waals surface area contributed by atoms with E-state index in [0.717, 1.165) is 44.2 Å². The molecule has 0 saturated carbocycles. The summed E-state index contributed by atoms with van der Waals surface area (Å²) in [4.78, 5) is 17.3. The van der Waals surface area contributed by atoms with E-state index in [1.807, 2.05) is 11.0 Å². The molecule has 5 nitrogen and oxygen atoms in total.